The summed E-state index contributed by atoms with van der Waals surface area (Å²) in [5, 5.41) is 0. The van der Waals surface area contributed by atoms with Crippen molar-refractivity contribution in [3.63, 3.8) is 0 Å². The summed E-state index contributed by atoms with van der Waals surface area (Å²) < 4.78 is 35.1. The summed E-state index contributed by atoms with van der Waals surface area (Å²) in [6.07, 6.45) is -4.11. The number of Topliss-reactive ketones (excluding diaryl/α,β-unsaturated/α-hetero) is 2. The largest absolute Gasteiger partial charge is 0.454 e. The highest BCUT2D eigenvalue weighted by Gasteiger charge is 2.41. The molecule has 0 unspecified atom stereocenters. The summed E-state index contributed by atoms with van der Waals surface area (Å²) in [5.74, 6) is -2.96. The van der Waals surface area contributed by atoms with Crippen LogP contribution in [-0.2, 0) is 9.59 Å². The van der Waals surface area contributed by atoms with Crippen molar-refractivity contribution in [2.45, 2.75) is 20.0 Å². The molecule has 0 aromatic rings. The van der Waals surface area contributed by atoms with Crippen molar-refractivity contribution in [2.75, 3.05) is 0 Å². The molecule has 68 valence electrons. The summed E-state index contributed by atoms with van der Waals surface area (Å²) in [5.41, 5.74) is -0.817. The van der Waals surface area contributed by atoms with E-state index in [1.807, 2.05) is 0 Å². The number of rotatable bonds is 2. The first-order valence-corrected chi connectivity index (χ1v) is 3.09. The van der Waals surface area contributed by atoms with E-state index in [2.05, 4.69) is 0 Å². The van der Waals surface area contributed by atoms with E-state index in [4.69, 9.17) is 0 Å². The van der Waals surface area contributed by atoms with E-state index in [0.29, 0.717) is 0 Å². The molecule has 0 amide bonds. The van der Waals surface area contributed by atoms with Crippen molar-refractivity contribution in [3.05, 3.63) is 11.6 Å². The van der Waals surface area contributed by atoms with Gasteiger partial charge in [0.1, 0.15) is 0 Å². The molecule has 0 spiro atoms. The molecule has 0 atom stereocenters. The molecule has 0 saturated carbocycles. The Balaban J connectivity index is 4.82. The third-order valence-electron chi connectivity index (χ3n) is 1.17. The predicted molar refractivity (Wildman–Crippen MR) is 35.5 cm³/mol. The molecule has 0 rings (SSSR count). The summed E-state index contributed by atoms with van der Waals surface area (Å²) in [4.78, 5) is 20.9. The molecule has 0 fully saturated rings. The fourth-order valence-electron chi connectivity index (χ4n) is 0.647. The van der Waals surface area contributed by atoms with Crippen LogP contribution in [0.25, 0.3) is 0 Å². The van der Waals surface area contributed by atoms with Crippen LogP contribution in [-0.4, -0.2) is 17.7 Å². The zero-order valence-corrected chi connectivity index (χ0v) is 6.53. The fourth-order valence-corrected chi connectivity index (χ4v) is 0.647. The van der Waals surface area contributed by atoms with Gasteiger partial charge in [-0.15, -0.1) is 0 Å². The minimum atomic E-state index is -4.96. The number of hydrogen-bond acceptors (Lipinski definition) is 2. The van der Waals surface area contributed by atoms with Crippen molar-refractivity contribution in [3.8, 4) is 0 Å². The molecule has 12 heavy (non-hydrogen) atoms. The summed E-state index contributed by atoms with van der Waals surface area (Å²) >= 11 is 0. The Labute approximate surface area is 67.1 Å². The lowest BCUT2D eigenvalue weighted by atomic mass is 10.1. The van der Waals surface area contributed by atoms with Crippen LogP contribution in [0.1, 0.15) is 13.8 Å². The Morgan fingerprint density at radius 3 is 1.75 bits per heavy atom. The van der Waals surface area contributed by atoms with Crippen LogP contribution in [0.4, 0.5) is 13.2 Å². The first-order valence-electron chi connectivity index (χ1n) is 3.09. The highest BCUT2D eigenvalue weighted by Crippen LogP contribution is 2.20. The van der Waals surface area contributed by atoms with Crippen molar-refractivity contribution < 1.29 is 22.8 Å². The van der Waals surface area contributed by atoms with Gasteiger partial charge in [0.15, 0.2) is 5.78 Å². The van der Waals surface area contributed by atoms with Crippen LogP contribution in [0.15, 0.2) is 11.6 Å². The maximum Gasteiger partial charge on any atom is 0.454 e. The normalized spacial score (nSPS) is 12.9. The van der Waals surface area contributed by atoms with Gasteiger partial charge >= 0.3 is 6.18 Å². The molecule has 5 heteroatoms. The maximum absolute atomic E-state index is 11.7. The van der Waals surface area contributed by atoms with Crippen molar-refractivity contribution >= 4 is 11.6 Å². The molecule has 0 N–H and O–H groups in total. The van der Waals surface area contributed by atoms with Crippen molar-refractivity contribution in [2.24, 2.45) is 0 Å². The van der Waals surface area contributed by atoms with Crippen LogP contribution >= 0.6 is 0 Å². The monoisotopic (exact) mass is 180 g/mol. The third-order valence-corrected chi connectivity index (χ3v) is 1.17. The Kier molecular flexibility index (Phi) is 3.18. The SMILES string of the molecule is C/C=C(\C(C)=O)C(=O)C(F)(F)F. The number of halogens is 3. The lowest BCUT2D eigenvalue weighted by Crippen LogP contribution is -2.27. The van der Waals surface area contributed by atoms with E-state index in [9.17, 15) is 22.8 Å². The Hall–Kier alpha value is -1.13. The molecule has 0 aliphatic rings. The molecule has 0 radical (unpaired) electrons. The zero-order chi connectivity index (χ0) is 9.94. The van der Waals surface area contributed by atoms with Gasteiger partial charge in [-0.25, -0.2) is 0 Å². The van der Waals surface area contributed by atoms with E-state index >= 15 is 0 Å². The number of alkyl halides is 3. The zero-order valence-electron chi connectivity index (χ0n) is 6.53. The second-order valence-electron chi connectivity index (χ2n) is 2.09. The number of carbonyl (C=O) groups excluding carboxylic acids is 2. The lowest BCUT2D eigenvalue weighted by molar-refractivity contribution is -0.167. The first-order chi connectivity index (χ1) is 5.30. The minimum Gasteiger partial charge on any atom is -0.294 e. The molecular formula is C7H7F3O2. The number of carbonyl (C=O) groups is 2. The van der Waals surface area contributed by atoms with E-state index < -0.39 is 23.3 Å². The predicted octanol–water partition coefficient (Wildman–Crippen LogP) is 1.65. The Morgan fingerprint density at radius 2 is 1.67 bits per heavy atom. The van der Waals surface area contributed by atoms with Gasteiger partial charge in [0.2, 0.25) is 0 Å². The molecule has 0 aliphatic carbocycles. The van der Waals surface area contributed by atoms with Crippen LogP contribution in [0.5, 0.6) is 0 Å². The average Bonchev–Trinajstić information content (AvgIpc) is 1.86. The van der Waals surface area contributed by atoms with Crippen LogP contribution in [0.3, 0.4) is 0 Å². The van der Waals surface area contributed by atoms with Gasteiger partial charge in [0.25, 0.3) is 5.78 Å². The molecule has 0 aromatic carbocycles. The van der Waals surface area contributed by atoms with Crippen molar-refractivity contribution in [1.82, 2.24) is 0 Å². The van der Waals surface area contributed by atoms with E-state index in [1.165, 1.54) is 6.92 Å². The van der Waals surface area contributed by atoms with Gasteiger partial charge < -0.3 is 0 Å². The first kappa shape index (κ1) is 10.9. The highest BCUT2D eigenvalue weighted by atomic mass is 19.4. The standard InChI is InChI=1S/C7H7F3O2/c1-3-5(4(2)11)6(12)7(8,9)10/h3H,1-2H3/b5-3+. The molecular weight excluding hydrogens is 173 g/mol. The van der Waals surface area contributed by atoms with Gasteiger partial charge in [0, 0.05) is 0 Å². The van der Waals surface area contributed by atoms with Crippen LogP contribution < -0.4 is 0 Å². The van der Waals surface area contributed by atoms with E-state index in [1.54, 1.807) is 0 Å². The number of allylic oxidation sites excluding steroid dienone is 2. The summed E-state index contributed by atoms with van der Waals surface area (Å²) in [6, 6.07) is 0. The van der Waals surface area contributed by atoms with E-state index in [0.717, 1.165) is 13.0 Å². The third kappa shape index (κ3) is 2.48. The fraction of sp³-hybridized carbons (Fsp3) is 0.429. The molecule has 0 heterocycles. The number of ketones is 2. The summed E-state index contributed by atoms with van der Waals surface area (Å²) in [6.45, 7) is 2.12. The lowest BCUT2D eigenvalue weighted by Gasteiger charge is -2.04. The van der Waals surface area contributed by atoms with Gasteiger partial charge in [0.05, 0.1) is 5.57 Å². The van der Waals surface area contributed by atoms with E-state index in [-0.39, 0.29) is 0 Å². The highest BCUT2D eigenvalue weighted by molar-refractivity contribution is 6.21. The minimum absolute atomic E-state index is 0.817. The summed E-state index contributed by atoms with van der Waals surface area (Å²) in [7, 11) is 0. The van der Waals surface area contributed by atoms with Gasteiger partial charge in [-0.1, -0.05) is 6.08 Å². The number of hydrogen-bond donors (Lipinski definition) is 0. The molecule has 2 nitrogen and oxygen atoms in total. The molecule has 0 bridgehead atoms. The van der Waals surface area contributed by atoms with Crippen molar-refractivity contribution in [1.29, 1.82) is 0 Å². The van der Waals surface area contributed by atoms with Crippen LogP contribution in [0, 0.1) is 0 Å². The van der Waals surface area contributed by atoms with Gasteiger partial charge in [-0.05, 0) is 13.8 Å². The van der Waals surface area contributed by atoms with Crippen LogP contribution in [0.2, 0.25) is 0 Å². The molecule has 0 saturated heterocycles. The smallest absolute Gasteiger partial charge is 0.294 e. The Morgan fingerprint density at radius 1 is 1.25 bits per heavy atom. The quantitative estimate of drug-likeness (QED) is 0.368. The Bertz CT molecular complexity index is 238. The van der Waals surface area contributed by atoms with Gasteiger partial charge in [-0.3, -0.25) is 9.59 Å². The molecule has 0 aliphatic heterocycles. The molecule has 0 aromatic heterocycles. The second kappa shape index (κ2) is 3.51. The second-order valence-corrected chi connectivity index (χ2v) is 2.09. The topological polar surface area (TPSA) is 34.1 Å². The maximum atomic E-state index is 11.7. The average molecular weight is 180 g/mol. The van der Waals surface area contributed by atoms with Gasteiger partial charge in [-0.2, -0.15) is 13.2 Å².